The number of fused-ring (bicyclic) bond motifs is 1. The Hall–Kier alpha value is -1.24. The highest BCUT2D eigenvalue weighted by Gasteiger charge is 2.33. The molecule has 1 nitrogen and oxygen atoms in total. The van der Waals surface area contributed by atoms with Gasteiger partial charge < -0.3 is 5.32 Å². The monoisotopic (exact) mass is 201 g/mol. The lowest BCUT2D eigenvalue weighted by atomic mass is 9.86. The molecule has 1 aliphatic rings. The van der Waals surface area contributed by atoms with E-state index in [4.69, 9.17) is 0 Å². The van der Waals surface area contributed by atoms with Crippen LogP contribution in [-0.4, -0.2) is 7.05 Å². The molecule has 0 saturated heterocycles. The molecule has 0 heterocycles. The molecule has 15 heavy (non-hydrogen) atoms. The Balaban J connectivity index is 2.62. The van der Waals surface area contributed by atoms with Crippen LogP contribution < -0.4 is 5.32 Å². The van der Waals surface area contributed by atoms with Crippen LogP contribution in [0.1, 0.15) is 38.3 Å². The minimum atomic E-state index is 0.282. The summed E-state index contributed by atoms with van der Waals surface area (Å²) in [5, 5.41) is 3.27. The van der Waals surface area contributed by atoms with Gasteiger partial charge in [0, 0.05) is 12.7 Å². The Morgan fingerprint density at radius 2 is 1.93 bits per heavy atom. The molecule has 80 valence electrons. The van der Waals surface area contributed by atoms with Crippen LogP contribution in [0, 0.1) is 0 Å². The first kappa shape index (κ1) is 10.3. The molecule has 1 aliphatic carbocycles. The van der Waals surface area contributed by atoms with Crippen molar-refractivity contribution in [3.05, 3.63) is 41.1 Å². The molecule has 0 fully saturated rings. The van der Waals surface area contributed by atoms with E-state index in [1.54, 1.807) is 0 Å². The fourth-order valence-electron chi connectivity index (χ4n) is 2.45. The van der Waals surface area contributed by atoms with Crippen LogP contribution in [0.15, 0.2) is 30.0 Å². The average molecular weight is 201 g/mol. The van der Waals surface area contributed by atoms with Crippen LogP contribution >= 0.6 is 0 Å². The SMILES string of the molecule is CN/C(C)=C1/CC(C)(C)c2ccccc21. The minimum Gasteiger partial charge on any atom is -0.391 e. The largest absolute Gasteiger partial charge is 0.391 e. The topological polar surface area (TPSA) is 12.0 Å². The van der Waals surface area contributed by atoms with Crippen molar-refractivity contribution in [1.29, 1.82) is 0 Å². The quantitative estimate of drug-likeness (QED) is 0.735. The molecule has 0 amide bonds. The van der Waals surface area contributed by atoms with Gasteiger partial charge in [-0.25, -0.2) is 0 Å². The summed E-state index contributed by atoms with van der Waals surface area (Å²) in [5.41, 5.74) is 5.96. The summed E-state index contributed by atoms with van der Waals surface area (Å²) < 4.78 is 0. The third-order valence-electron chi connectivity index (χ3n) is 3.43. The van der Waals surface area contributed by atoms with E-state index in [1.807, 2.05) is 7.05 Å². The number of nitrogens with one attached hydrogen (secondary N) is 1. The van der Waals surface area contributed by atoms with E-state index in [2.05, 4.69) is 50.4 Å². The van der Waals surface area contributed by atoms with Crippen molar-refractivity contribution in [2.75, 3.05) is 7.05 Å². The number of rotatable bonds is 1. The van der Waals surface area contributed by atoms with E-state index < -0.39 is 0 Å². The second kappa shape index (κ2) is 3.41. The molecule has 0 spiro atoms. The van der Waals surface area contributed by atoms with E-state index in [-0.39, 0.29) is 5.41 Å². The van der Waals surface area contributed by atoms with E-state index >= 15 is 0 Å². The van der Waals surface area contributed by atoms with Gasteiger partial charge in [-0.3, -0.25) is 0 Å². The van der Waals surface area contributed by atoms with Gasteiger partial charge >= 0.3 is 0 Å². The molecule has 1 N–H and O–H groups in total. The van der Waals surface area contributed by atoms with Gasteiger partial charge in [0.2, 0.25) is 0 Å². The highest BCUT2D eigenvalue weighted by Crippen LogP contribution is 2.45. The maximum atomic E-state index is 3.27. The summed E-state index contributed by atoms with van der Waals surface area (Å²) in [6.45, 7) is 6.80. The highest BCUT2D eigenvalue weighted by molar-refractivity contribution is 5.77. The van der Waals surface area contributed by atoms with Gasteiger partial charge in [-0.2, -0.15) is 0 Å². The average Bonchev–Trinajstić information content (AvgIpc) is 2.51. The van der Waals surface area contributed by atoms with Gasteiger partial charge in [0.05, 0.1) is 0 Å². The van der Waals surface area contributed by atoms with Crippen molar-refractivity contribution in [2.24, 2.45) is 0 Å². The van der Waals surface area contributed by atoms with Crippen LogP contribution in [0.3, 0.4) is 0 Å². The lowest BCUT2D eigenvalue weighted by Gasteiger charge is -2.18. The summed E-state index contributed by atoms with van der Waals surface area (Å²) in [7, 11) is 2.00. The van der Waals surface area contributed by atoms with Crippen molar-refractivity contribution >= 4 is 5.57 Å². The lowest BCUT2D eigenvalue weighted by Crippen LogP contribution is -2.12. The van der Waals surface area contributed by atoms with Gasteiger partial charge in [0.1, 0.15) is 0 Å². The molecule has 0 unspecified atom stereocenters. The zero-order valence-corrected chi connectivity index (χ0v) is 10.0. The van der Waals surface area contributed by atoms with Crippen LogP contribution in [0.2, 0.25) is 0 Å². The molecule has 1 aromatic carbocycles. The molecule has 2 rings (SSSR count). The van der Waals surface area contributed by atoms with Gasteiger partial charge in [0.15, 0.2) is 0 Å². The standard InChI is InChI=1S/C14H19N/c1-10(15-4)12-9-14(2,3)13-8-6-5-7-11(12)13/h5-8,15H,9H2,1-4H3/b12-10-. The predicted molar refractivity (Wildman–Crippen MR) is 65.7 cm³/mol. The third kappa shape index (κ3) is 1.56. The van der Waals surface area contributed by atoms with Crippen LogP contribution in [0.5, 0.6) is 0 Å². The van der Waals surface area contributed by atoms with E-state index in [1.165, 1.54) is 22.4 Å². The van der Waals surface area contributed by atoms with E-state index in [0.717, 1.165) is 6.42 Å². The molecule has 0 atom stereocenters. The fraction of sp³-hybridized carbons (Fsp3) is 0.429. The van der Waals surface area contributed by atoms with Gasteiger partial charge in [-0.15, -0.1) is 0 Å². The summed E-state index contributed by atoms with van der Waals surface area (Å²) in [6.07, 6.45) is 1.14. The van der Waals surface area contributed by atoms with Gasteiger partial charge in [-0.1, -0.05) is 38.1 Å². The predicted octanol–water partition coefficient (Wildman–Crippen LogP) is 3.32. The molecule has 0 aromatic heterocycles. The summed E-state index contributed by atoms with van der Waals surface area (Å²) in [5.74, 6) is 0. The Morgan fingerprint density at radius 1 is 1.27 bits per heavy atom. The zero-order chi connectivity index (χ0) is 11.1. The van der Waals surface area contributed by atoms with Crippen LogP contribution in [0.4, 0.5) is 0 Å². The summed E-state index contributed by atoms with van der Waals surface area (Å²) >= 11 is 0. The first-order chi connectivity index (χ1) is 7.06. The Morgan fingerprint density at radius 3 is 2.60 bits per heavy atom. The molecule has 0 saturated carbocycles. The van der Waals surface area contributed by atoms with Crippen molar-refractivity contribution in [3.63, 3.8) is 0 Å². The summed E-state index contributed by atoms with van der Waals surface area (Å²) in [4.78, 5) is 0. The molecule has 1 aromatic rings. The molecular weight excluding hydrogens is 182 g/mol. The minimum absolute atomic E-state index is 0.282. The van der Waals surface area contributed by atoms with Gasteiger partial charge in [0.25, 0.3) is 0 Å². The Labute approximate surface area is 92.2 Å². The van der Waals surface area contributed by atoms with Crippen molar-refractivity contribution in [1.82, 2.24) is 5.32 Å². The molecule has 0 aliphatic heterocycles. The van der Waals surface area contributed by atoms with Crippen molar-refractivity contribution < 1.29 is 0 Å². The molecule has 0 radical (unpaired) electrons. The highest BCUT2D eigenvalue weighted by atomic mass is 14.8. The maximum absolute atomic E-state index is 3.27. The lowest BCUT2D eigenvalue weighted by molar-refractivity contribution is 0.562. The fourth-order valence-corrected chi connectivity index (χ4v) is 2.45. The maximum Gasteiger partial charge on any atom is 0.0111 e. The first-order valence-corrected chi connectivity index (χ1v) is 5.53. The second-order valence-corrected chi connectivity index (χ2v) is 4.96. The van der Waals surface area contributed by atoms with Crippen molar-refractivity contribution in [3.8, 4) is 0 Å². The normalized spacial score (nSPS) is 21.1. The molecule has 1 heteroatoms. The molecular formula is C14H19N. The third-order valence-corrected chi connectivity index (χ3v) is 3.43. The Kier molecular flexibility index (Phi) is 2.34. The summed E-state index contributed by atoms with van der Waals surface area (Å²) in [6, 6.07) is 8.76. The Bertz CT molecular complexity index is 413. The van der Waals surface area contributed by atoms with E-state index in [9.17, 15) is 0 Å². The van der Waals surface area contributed by atoms with Gasteiger partial charge in [-0.05, 0) is 35.5 Å². The number of hydrogen-bond donors (Lipinski definition) is 1. The molecule has 0 bridgehead atoms. The second-order valence-electron chi connectivity index (χ2n) is 4.96. The van der Waals surface area contributed by atoms with Crippen LogP contribution in [0.25, 0.3) is 5.57 Å². The number of allylic oxidation sites excluding steroid dienone is 2. The zero-order valence-electron chi connectivity index (χ0n) is 10.0. The smallest absolute Gasteiger partial charge is 0.0111 e. The van der Waals surface area contributed by atoms with Crippen LogP contribution in [-0.2, 0) is 5.41 Å². The number of hydrogen-bond acceptors (Lipinski definition) is 1. The first-order valence-electron chi connectivity index (χ1n) is 5.53. The number of benzene rings is 1. The van der Waals surface area contributed by atoms with Crippen molar-refractivity contribution in [2.45, 2.75) is 32.6 Å². The van der Waals surface area contributed by atoms with E-state index in [0.29, 0.717) is 0 Å².